The summed E-state index contributed by atoms with van der Waals surface area (Å²) in [6, 6.07) is 0. The molecule has 0 heterocycles. The predicted octanol–water partition coefficient (Wildman–Crippen LogP) is -4.43. The molecule has 6 unspecified atom stereocenters. The van der Waals surface area contributed by atoms with E-state index in [2.05, 4.69) is 29.6 Å². The second-order valence-electron chi connectivity index (χ2n) is 0.539. The van der Waals surface area contributed by atoms with Gasteiger partial charge in [-0.1, -0.05) is 0 Å². The molecule has 0 N–H and O–H groups in total. The summed E-state index contributed by atoms with van der Waals surface area (Å²) in [6.07, 6.45) is 0. The van der Waals surface area contributed by atoms with Gasteiger partial charge in [-0.05, 0) is 0 Å². The molecule has 0 saturated heterocycles. The van der Waals surface area contributed by atoms with Crippen LogP contribution in [0.2, 0.25) is 0 Å². The maximum atomic E-state index is 2.10. The maximum absolute atomic E-state index is 2.10. The molecule has 6 heavy (non-hydrogen) atoms. The summed E-state index contributed by atoms with van der Waals surface area (Å²) in [5.41, 5.74) is 0. The Kier molecular flexibility index (Phi) is 13.0. The molecular weight excluding hydrogens is 450 g/mol. The van der Waals surface area contributed by atoms with Crippen LogP contribution in [0.15, 0.2) is 0 Å². The molecule has 0 radical (unpaired) electrons. The first-order chi connectivity index (χ1) is 2.91. The number of hydrogen-bond acceptors (Lipinski definition) is 0. The molecule has 6 heteroatoms. The van der Waals surface area contributed by atoms with E-state index in [0.717, 1.165) is 46.5 Å². The zero-order valence-corrected chi connectivity index (χ0v) is 16.4. The van der Waals surface area contributed by atoms with Crippen molar-refractivity contribution in [1.29, 1.82) is 0 Å². The zero-order chi connectivity index (χ0) is 4.83. The molecule has 0 aromatic carbocycles. The van der Waals surface area contributed by atoms with Crippen molar-refractivity contribution in [1.82, 2.24) is 0 Å². The van der Waals surface area contributed by atoms with E-state index in [9.17, 15) is 0 Å². The van der Waals surface area contributed by atoms with Crippen molar-refractivity contribution in [2.45, 2.75) is 0 Å². The third kappa shape index (κ3) is 7.35. The second-order valence-corrected chi connectivity index (χ2v) is 75.6. The van der Waals surface area contributed by atoms with E-state index >= 15 is 0 Å². The minimum atomic E-state index is 0.782. The van der Waals surface area contributed by atoms with Crippen LogP contribution in [-0.2, 0) is 0 Å². The van der Waals surface area contributed by atoms with Crippen molar-refractivity contribution in [3.8, 4) is 0 Å². The van der Waals surface area contributed by atoms with E-state index in [-0.39, 0.29) is 0 Å². The third-order valence-corrected chi connectivity index (χ3v) is 151. The first-order valence-electron chi connectivity index (χ1n) is 1.33. The summed E-state index contributed by atoms with van der Waals surface area (Å²) in [6.45, 7) is 0. The van der Waals surface area contributed by atoms with Crippen molar-refractivity contribution in [3.63, 3.8) is 0 Å². The van der Waals surface area contributed by atoms with Gasteiger partial charge in [0.15, 0.2) is 0 Å². The minimum absolute atomic E-state index is 0.782. The SMILES string of the molecule is [AsH2][AsH][AsH][AsH][AsH][AsH2]. The van der Waals surface area contributed by atoms with Crippen LogP contribution in [0.5, 0.6) is 0 Å². The van der Waals surface area contributed by atoms with E-state index < -0.39 is 0 Å². The van der Waals surface area contributed by atoms with E-state index in [1.165, 1.54) is 0 Å². The number of rotatable bonds is 3. The van der Waals surface area contributed by atoms with Crippen LogP contribution in [0.4, 0.5) is 0 Å². The standard InChI is InChI=1S/As6H8/c1-3-5-6-4-2/h3-6H,1-2H2. The first-order valence-corrected chi connectivity index (χ1v) is 35.8. The van der Waals surface area contributed by atoms with Crippen LogP contribution >= 0.6 is 0 Å². The van der Waals surface area contributed by atoms with Crippen LogP contribution in [0.3, 0.4) is 0 Å². The van der Waals surface area contributed by atoms with E-state index in [4.69, 9.17) is 0 Å². The third-order valence-electron chi connectivity index (χ3n) is 0.207. The molecule has 6 atom stereocenters. The Morgan fingerprint density at radius 3 is 1.33 bits per heavy atom. The molecule has 0 saturated carbocycles. The fourth-order valence-corrected chi connectivity index (χ4v) is 273. The molecule has 38 valence electrons. The van der Waals surface area contributed by atoms with Crippen molar-refractivity contribution in [2.75, 3.05) is 0 Å². The van der Waals surface area contributed by atoms with Gasteiger partial charge in [0, 0.05) is 0 Å². The molecule has 0 fully saturated rings. The fourth-order valence-electron chi connectivity index (χ4n) is 0.0722. The Balaban J connectivity index is 2.34. The Hall–Kier alpha value is 3.35. The Bertz CT molecular complexity index is 12.0. The molecule has 0 bridgehead atoms. The molecule has 0 aliphatic carbocycles. The summed E-state index contributed by atoms with van der Waals surface area (Å²) in [7, 11) is 0. The molecule has 0 spiro atoms. The monoisotopic (exact) mass is 458 g/mol. The van der Waals surface area contributed by atoms with Gasteiger partial charge in [-0.2, -0.15) is 0 Å². The Morgan fingerprint density at radius 1 is 0.833 bits per heavy atom. The Morgan fingerprint density at radius 2 is 1.17 bits per heavy atom. The van der Waals surface area contributed by atoms with Gasteiger partial charge in [0.05, 0.1) is 0 Å². The van der Waals surface area contributed by atoms with Crippen LogP contribution < -0.4 is 0 Å². The molecule has 0 aliphatic heterocycles. The van der Waals surface area contributed by atoms with Gasteiger partial charge >= 0.3 is 76.1 Å². The van der Waals surface area contributed by atoms with E-state index in [0.29, 0.717) is 0 Å². The van der Waals surface area contributed by atoms with Crippen molar-refractivity contribution < 1.29 is 0 Å². The molecule has 0 aliphatic rings. The predicted molar refractivity (Wildman–Crippen MR) is 45.7 cm³/mol. The summed E-state index contributed by atoms with van der Waals surface area (Å²) in [4.78, 5) is 0. The van der Waals surface area contributed by atoms with E-state index in [1.54, 1.807) is 0 Å². The summed E-state index contributed by atoms with van der Waals surface area (Å²) in [5.74, 6) is 0. The summed E-state index contributed by atoms with van der Waals surface area (Å²) >= 11 is 7.50. The average Bonchev–Trinajstić information content (AvgIpc) is 1.61. The molecule has 0 aromatic rings. The van der Waals surface area contributed by atoms with Gasteiger partial charge < -0.3 is 0 Å². The van der Waals surface area contributed by atoms with Crippen LogP contribution in [0.25, 0.3) is 0 Å². The van der Waals surface area contributed by atoms with Crippen molar-refractivity contribution in [2.24, 2.45) is 0 Å². The normalized spacial score (nSPS) is 17.0. The zero-order valence-electron chi connectivity index (χ0n) is 3.15. The molecule has 0 amide bonds. The first kappa shape index (κ1) is 9.35. The second kappa shape index (κ2) is 8.35. The average molecular weight is 458 g/mol. The van der Waals surface area contributed by atoms with Gasteiger partial charge in [0.1, 0.15) is 0 Å². The van der Waals surface area contributed by atoms with Crippen molar-refractivity contribution >= 4 is 76.1 Å². The van der Waals surface area contributed by atoms with Gasteiger partial charge in [-0.25, -0.2) is 0 Å². The van der Waals surface area contributed by atoms with Crippen LogP contribution in [-0.4, -0.2) is 76.1 Å². The number of hydrogen-bond donors (Lipinski definition) is 0. The van der Waals surface area contributed by atoms with Gasteiger partial charge in [-0.3, -0.25) is 0 Å². The quantitative estimate of drug-likeness (QED) is 0.297. The van der Waals surface area contributed by atoms with Gasteiger partial charge in [0.2, 0.25) is 0 Å². The fraction of sp³-hybridized carbons (Fsp3) is 0. The Labute approximate surface area is 74.3 Å². The molecule has 0 aromatic heterocycles. The molecular formula is H8As6. The topological polar surface area (TPSA) is 0 Å². The van der Waals surface area contributed by atoms with Crippen molar-refractivity contribution in [3.05, 3.63) is 0 Å². The molecule has 0 nitrogen and oxygen atoms in total. The summed E-state index contributed by atoms with van der Waals surface area (Å²) in [5, 5.41) is 0. The van der Waals surface area contributed by atoms with E-state index in [1.807, 2.05) is 0 Å². The molecule has 0 rings (SSSR count). The van der Waals surface area contributed by atoms with Crippen LogP contribution in [0.1, 0.15) is 0 Å². The van der Waals surface area contributed by atoms with Gasteiger partial charge in [-0.15, -0.1) is 0 Å². The summed E-state index contributed by atoms with van der Waals surface area (Å²) < 4.78 is 0. The van der Waals surface area contributed by atoms with Gasteiger partial charge in [0.25, 0.3) is 0 Å². The van der Waals surface area contributed by atoms with Crippen LogP contribution in [0, 0.1) is 0 Å².